The van der Waals surface area contributed by atoms with Crippen LogP contribution in [-0.4, -0.2) is 36.0 Å². The first-order valence-corrected chi connectivity index (χ1v) is 8.71. The Labute approximate surface area is 158 Å². The molecule has 0 saturated heterocycles. The first kappa shape index (κ1) is 21.5. The van der Waals surface area contributed by atoms with Gasteiger partial charge in [0.1, 0.15) is 5.69 Å². The van der Waals surface area contributed by atoms with E-state index in [1.54, 1.807) is 0 Å². The van der Waals surface area contributed by atoms with Crippen LogP contribution in [0.15, 0.2) is 18.2 Å². The first-order valence-electron chi connectivity index (χ1n) is 8.71. The summed E-state index contributed by atoms with van der Waals surface area (Å²) in [6.07, 6.45) is -1.02. The zero-order chi connectivity index (χ0) is 20.7. The molecule has 1 fully saturated rings. The van der Waals surface area contributed by atoms with Crippen LogP contribution in [0.25, 0.3) is 0 Å². The molecule has 1 amide bonds. The number of esters is 1. The van der Waals surface area contributed by atoms with Gasteiger partial charge in [-0.3, -0.25) is 19.7 Å². The first-order chi connectivity index (χ1) is 13.2. The summed E-state index contributed by atoms with van der Waals surface area (Å²) in [6, 6.07) is 2.17. The van der Waals surface area contributed by atoms with E-state index >= 15 is 0 Å². The molecule has 0 radical (unpaired) electrons. The van der Waals surface area contributed by atoms with E-state index in [0.29, 0.717) is 12.1 Å². The maximum absolute atomic E-state index is 12.7. The van der Waals surface area contributed by atoms with Crippen LogP contribution in [-0.2, 0) is 20.5 Å². The van der Waals surface area contributed by atoms with Gasteiger partial charge in [0.25, 0.3) is 11.6 Å². The number of hydrogen-bond donors (Lipinski definition) is 2. The molecular formula is C17H20F3N3O5. The summed E-state index contributed by atoms with van der Waals surface area (Å²) in [5.41, 5.74) is -2.04. The third-order valence-electron chi connectivity index (χ3n) is 4.25. The molecule has 0 spiro atoms. The number of hydrogen-bond acceptors (Lipinski definition) is 6. The van der Waals surface area contributed by atoms with Gasteiger partial charge in [0.15, 0.2) is 6.61 Å². The fourth-order valence-electron chi connectivity index (χ4n) is 2.87. The van der Waals surface area contributed by atoms with Gasteiger partial charge in [0.05, 0.1) is 16.9 Å². The van der Waals surface area contributed by atoms with Crippen molar-refractivity contribution in [1.29, 1.82) is 0 Å². The van der Waals surface area contributed by atoms with Crippen LogP contribution in [0.5, 0.6) is 0 Å². The summed E-state index contributed by atoms with van der Waals surface area (Å²) in [5, 5.41) is 16.3. The van der Waals surface area contributed by atoms with E-state index in [1.807, 2.05) is 0 Å². The highest BCUT2D eigenvalue weighted by Crippen LogP contribution is 2.34. The molecule has 11 heteroatoms. The van der Waals surface area contributed by atoms with E-state index in [0.717, 1.165) is 31.7 Å². The molecule has 1 saturated carbocycles. The minimum atomic E-state index is -4.70. The normalized spacial score (nSPS) is 14.5. The monoisotopic (exact) mass is 403 g/mol. The number of carbonyl (C=O) groups excluding carboxylic acids is 2. The predicted molar refractivity (Wildman–Crippen MR) is 92.6 cm³/mol. The van der Waals surface area contributed by atoms with Crippen molar-refractivity contribution in [3.05, 3.63) is 33.9 Å². The van der Waals surface area contributed by atoms with Gasteiger partial charge in [-0.1, -0.05) is 12.8 Å². The molecule has 28 heavy (non-hydrogen) atoms. The third kappa shape index (κ3) is 6.39. The van der Waals surface area contributed by atoms with Gasteiger partial charge in [-0.05, 0) is 25.0 Å². The van der Waals surface area contributed by atoms with Crippen molar-refractivity contribution in [3.63, 3.8) is 0 Å². The molecule has 1 aliphatic carbocycles. The molecule has 0 atom stereocenters. The number of rotatable bonds is 8. The number of nitro groups is 1. The van der Waals surface area contributed by atoms with E-state index in [1.165, 1.54) is 0 Å². The minimum Gasteiger partial charge on any atom is -0.456 e. The SMILES string of the molecule is O=C(COC(=O)CCNc1ccc(C(F)(F)F)cc1[N+](=O)[O-])NC1CCCC1. The van der Waals surface area contributed by atoms with Gasteiger partial charge in [0.2, 0.25) is 0 Å². The van der Waals surface area contributed by atoms with Crippen LogP contribution < -0.4 is 10.6 Å². The van der Waals surface area contributed by atoms with Crippen molar-refractivity contribution in [2.75, 3.05) is 18.5 Å². The van der Waals surface area contributed by atoms with Crippen molar-refractivity contribution in [2.24, 2.45) is 0 Å². The number of halogens is 3. The average molecular weight is 403 g/mol. The minimum absolute atomic E-state index is 0.102. The number of alkyl halides is 3. The summed E-state index contributed by atoms with van der Waals surface area (Å²) in [7, 11) is 0. The quantitative estimate of drug-likeness (QED) is 0.392. The topological polar surface area (TPSA) is 111 Å². The van der Waals surface area contributed by atoms with E-state index in [4.69, 9.17) is 4.74 Å². The Morgan fingerprint density at radius 2 is 1.93 bits per heavy atom. The molecule has 1 aromatic carbocycles. The third-order valence-corrected chi connectivity index (χ3v) is 4.25. The number of amides is 1. The fourth-order valence-corrected chi connectivity index (χ4v) is 2.87. The second-order valence-electron chi connectivity index (χ2n) is 6.37. The summed E-state index contributed by atoms with van der Waals surface area (Å²) >= 11 is 0. The van der Waals surface area contributed by atoms with Crippen LogP contribution in [0.3, 0.4) is 0 Å². The van der Waals surface area contributed by atoms with Gasteiger partial charge in [-0.15, -0.1) is 0 Å². The Kier molecular flexibility index (Phi) is 7.18. The van der Waals surface area contributed by atoms with Crippen LogP contribution in [0, 0.1) is 10.1 Å². The molecule has 1 aromatic rings. The standard InChI is InChI=1S/C17H20F3N3O5/c18-17(19,20)11-5-6-13(14(9-11)23(26)27)21-8-7-16(25)28-10-15(24)22-12-3-1-2-4-12/h5-6,9,12,21H,1-4,7-8,10H2,(H,22,24). The second kappa shape index (κ2) is 9.38. The number of nitrogens with one attached hydrogen (secondary N) is 2. The summed E-state index contributed by atoms with van der Waals surface area (Å²) < 4.78 is 42.8. The molecule has 0 heterocycles. The van der Waals surface area contributed by atoms with Crippen molar-refractivity contribution >= 4 is 23.3 Å². The second-order valence-corrected chi connectivity index (χ2v) is 6.37. The van der Waals surface area contributed by atoms with Crippen molar-refractivity contribution in [3.8, 4) is 0 Å². The smallest absolute Gasteiger partial charge is 0.416 e. The van der Waals surface area contributed by atoms with Crippen molar-refractivity contribution in [2.45, 2.75) is 44.3 Å². The van der Waals surface area contributed by atoms with Gasteiger partial charge >= 0.3 is 12.1 Å². The summed E-state index contributed by atoms with van der Waals surface area (Å²) in [6.45, 7) is -0.523. The number of nitro benzene ring substituents is 1. The van der Waals surface area contributed by atoms with Crippen LogP contribution >= 0.6 is 0 Å². The number of anilines is 1. The molecule has 154 valence electrons. The lowest BCUT2D eigenvalue weighted by atomic mass is 10.1. The lowest BCUT2D eigenvalue weighted by Crippen LogP contribution is -2.36. The lowest BCUT2D eigenvalue weighted by Gasteiger charge is -2.12. The Morgan fingerprint density at radius 3 is 2.54 bits per heavy atom. The van der Waals surface area contributed by atoms with E-state index < -0.39 is 40.8 Å². The van der Waals surface area contributed by atoms with Gasteiger partial charge in [0, 0.05) is 18.7 Å². The zero-order valence-electron chi connectivity index (χ0n) is 14.9. The highest BCUT2D eigenvalue weighted by atomic mass is 19.4. The van der Waals surface area contributed by atoms with Gasteiger partial charge in [-0.25, -0.2) is 0 Å². The van der Waals surface area contributed by atoms with E-state index in [2.05, 4.69) is 10.6 Å². The van der Waals surface area contributed by atoms with E-state index in [-0.39, 0.29) is 24.7 Å². The van der Waals surface area contributed by atoms with Crippen molar-refractivity contribution in [1.82, 2.24) is 5.32 Å². The van der Waals surface area contributed by atoms with Crippen LogP contribution in [0.4, 0.5) is 24.5 Å². The molecule has 2 N–H and O–H groups in total. The lowest BCUT2D eigenvalue weighted by molar-refractivity contribution is -0.384. The average Bonchev–Trinajstić information content (AvgIpc) is 3.12. The molecule has 0 aliphatic heterocycles. The number of carbonyl (C=O) groups is 2. The van der Waals surface area contributed by atoms with Crippen LogP contribution in [0.2, 0.25) is 0 Å². The van der Waals surface area contributed by atoms with E-state index in [9.17, 15) is 32.9 Å². The molecule has 0 unspecified atom stereocenters. The Bertz CT molecular complexity index is 733. The summed E-state index contributed by atoms with van der Waals surface area (Å²) in [4.78, 5) is 33.4. The molecule has 0 aromatic heterocycles. The molecule has 8 nitrogen and oxygen atoms in total. The Hall–Kier alpha value is -2.85. The molecular weight excluding hydrogens is 383 g/mol. The zero-order valence-corrected chi connectivity index (χ0v) is 14.9. The van der Waals surface area contributed by atoms with Gasteiger partial charge < -0.3 is 15.4 Å². The maximum atomic E-state index is 12.7. The fraction of sp³-hybridized carbons (Fsp3) is 0.529. The largest absolute Gasteiger partial charge is 0.456 e. The molecule has 1 aliphatic rings. The molecule has 0 bridgehead atoms. The predicted octanol–water partition coefficient (Wildman–Crippen LogP) is 3.02. The highest BCUT2D eigenvalue weighted by molar-refractivity contribution is 5.81. The van der Waals surface area contributed by atoms with Crippen molar-refractivity contribution < 1.29 is 32.4 Å². The summed E-state index contributed by atoms with van der Waals surface area (Å²) in [5.74, 6) is -1.10. The number of ether oxygens (including phenoxy) is 1. The van der Waals surface area contributed by atoms with Crippen LogP contribution in [0.1, 0.15) is 37.7 Å². The van der Waals surface area contributed by atoms with Gasteiger partial charge in [-0.2, -0.15) is 13.2 Å². The molecule has 2 rings (SSSR count). The highest BCUT2D eigenvalue weighted by Gasteiger charge is 2.33. The number of benzene rings is 1. The number of nitrogens with zero attached hydrogens (tertiary/aromatic N) is 1. The Balaban J connectivity index is 1.79. The maximum Gasteiger partial charge on any atom is 0.416 e. The Morgan fingerprint density at radius 1 is 1.25 bits per heavy atom.